The number of benzene rings is 3. The van der Waals surface area contributed by atoms with Crippen LogP contribution in [0.4, 0.5) is 5.69 Å². The van der Waals surface area contributed by atoms with Crippen molar-refractivity contribution in [3.8, 4) is 0 Å². The maximum Gasteiger partial charge on any atom is 0.256 e. The van der Waals surface area contributed by atoms with Gasteiger partial charge in [-0.25, -0.2) is 0 Å². The number of carbonyl (C=O) groups excluding carboxylic acids is 3. The first kappa shape index (κ1) is 23.1. The maximum atomic E-state index is 13.6. The summed E-state index contributed by atoms with van der Waals surface area (Å²) in [5, 5.41) is 3.98. The average molecular weight is 503 g/mol. The third-order valence-corrected chi connectivity index (χ3v) is 6.39. The van der Waals surface area contributed by atoms with Crippen LogP contribution in [-0.4, -0.2) is 28.7 Å². The average Bonchev–Trinajstić information content (AvgIpc) is 2.86. The molecule has 0 bridgehead atoms. The van der Waals surface area contributed by atoms with Crippen molar-refractivity contribution in [1.29, 1.82) is 0 Å². The van der Waals surface area contributed by atoms with E-state index in [0.717, 1.165) is 11.1 Å². The van der Waals surface area contributed by atoms with E-state index in [1.165, 1.54) is 4.90 Å². The van der Waals surface area contributed by atoms with Crippen LogP contribution in [0.15, 0.2) is 60.7 Å². The monoisotopic (exact) mass is 501 g/mol. The highest BCUT2D eigenvalue weighted by Gasteiger charge is 2.35. The molecule has 1 unspecified atom stereocenters. The third kappa shape index (κ3) is 4.98. The SMILES string of the molecule is NC(=O)c1ccc(CN2C(=O)c3ccc(Cl)cc3NC(=O)C2Cc2ccc(Cl)c(Cl)c2)cc1. The second kappa shape index (κ2) is 9.43. The number of nitrogens with zero attached hydrogens (tertiary/aromatic N) is 1. The first-order valence-electron chi connectivity index (χ1n) is 9.97. The van der Waals surface area contributed by atoms with Gasteiger partial charge in [-0.2, -0.15) is 0 Å². The number of hydrogen-bond donors (Lipinski definition) is 2. The number of amides is 3. The lowest BCUT2D eigenvalue weighted by Gasteiger charge is -2.29. The molecule has 0 saturated carbocycles. The molecule has 1 atom stereocenters. The van der Waals surface area contributed by atoms with Crippen LogP contribution in [0.25, 0.3) is 0 Å². The van der Waals surface area contributed by atoms with E-state index in [9.17, 15) is 14.4 Å². The van der Waals surface area contributed by atoms with Gasteiger partial charge in [0, 0.05) is 23.6 Å². The summed E-state index contributed by atoms with van der Waals surface area (Å²) in [5.74, 6) is -1.23. The van der Waals surface area contributed by atoms with Crippen LogP contribution in [0.3, 0.4) is 0 Å². The zero-order chi connectivity index (χ0) is 23.7. The second-order valence-corrected chi connectivity index (χ2v) is 8.89. The molecule has 0 aromatic heterocycles. The zero-order valence-electron chi connectivity index (χ0n) is 17.1. The lowest BCUT2D eigenvalue weighted by atomic mass is 10.0. The van der Waals surface area contributed by atoms with Crippen LogP contribution in [0.2, 0.25) is 15.1 Å². The van der Waals surface area contributed by atoms with Crippen molar-refractivity contribution in [1.82, 2.24) is 4.90 Å². The number of anilines is 1. The quantitative estimate of drug-likeness (QED) is 0.517. The molecule has 0 spiro atoms. The van der Waals surface area contributed by atoms with Gasteiger partial charge in [0.05, 0.1) is 21.3 Å². The summed E-state index contributed by atoms with van der Waals surface area (Å²) in [6, 6.07) is 15.6. The van der Waals surface area contributed by atoms with Crippen LogP contribution in [-0.2, 0) is 17.8 Å². The highest BCUT2D eigenvalue weighted by atomic mass is 35.5. The maximum absolute atomic E-state index is 13.6. The number of hydrogen-bond acceptors (Lipinski definition) is 3. The molecule has 3 N–H and O–H groups in total. The topological polar surface area (TPSA) is 92.5 Å². The molecule has 0 fully saturated rings. The summed E-state index contributed by atoms with van der Waals surface area (Å²) in [7, 11) is 0. The molecule has 4 rings (SSSR count). The molecule has 1 aliphatic rings. The molecule has 3 aromatic rings. The van der Waals surface area contributed by atoms with Crippen molar-refractivity contribution in [3.05, 3.63) is 98.0 Å². The van der Waals surface area contributed by atoms with E-state index in [2.05, 4.69) is 5.32 Å². The number of rotatable bonds is 5. The fourth-order valence-corrected chi connectivity index (χ4v) is 4.20. The fourth-order valence-electron chi connectivity index (χ4n) is 3.71. The largest absolute Gasteiger partial charge is 0.366 e. The van der Waals surface area contributed by atoms with Crippen molar-refractivity contribution in [2.24, 2.45) is 5.73 Å². The van der Waals surface area contributed by atoms with Crippen LogP contribution in [0.5, 0.6) is 0 Å². The number of primary amides is 1. The van der Waals surface area contributed by atoms with Crippen molar-refractivity contribution in [2.75, 3.05) is 5.32 Å². The molecule has 1 heterocycles. The van der Waals surface area contributed by atoms with Crippen molar-refractivity contribution in [3.63, 3.8) is 0 Å². The molecule has 6 nitrogen and oxygen atoms in total. The van der Waals surface area contributed by atoms with E-state index in [-0.39, 0.29) is 24.8 Å². The Labute approximate surface area is 205 Å². The summed E-state index contributed by atoms with van der Waals surface area (Å²) in [6.07, 6.45) is 0.218. The smallest absolute Gasteiger partial charge is 0.256 e. The minimum Gasteiger partial charge on any atom is -0.366 e. The Morgan fingerprint density at radius 2 is 1.61 bits per heavy atom. The van der Waals surface area contributed by atoms with Crippen molar-refractivity contribution < 1.29 is 14.4 Å². The first-order chi connectivity index (χ1) is 15.7. The summed E-state index contributed by atoms with van der Waals surface area (Å²) >= 11 is 18.3. The van der Waals surface area contributed by atoms with Gasteiger partial charge in [0.15, 0.2) is 0 Å². The summed E-state index contributed by atoms with van der Waals surface area (Å²) in [4.78, 5) is 39.7. The van der Waals surface area contributed by atoms with Crippen LogP contribution in [0, 0.1) is 0 Å². The number of carbonyl (C=O) groups is 3. The van der Waals surface area contributed by atoms with Crippen LogP contribution >= 0.6 is 34.8 Å². The van der Waals surface area contributed by atoms with Gasteiger partial charge < -0.3 is 16.0 Å². The Morgan fingerprint density at radius 1 is 0.909 bits per heavy atom. The molecule has 0 radical (unpaired) electrons. The number of halogens is 3. The van der Waals surface area contributed by atoms with Gasteiger partial charge in [-0.15, -0.1) is 0 Å². The van der Waals surface area contributed by atoms with Gasteiger partial charge in [0.2, 0.25) is 11.8 Å². The van der Waals surface area contributed by atoms with E-state index < -0.39 is 11.9 Å². The summed E-state index contributed by atoms with van der Waals surface area (Å²) < 4.78 is 0. The molecule has 0 aliphatic carbocycles. The molecular weight excluding hydrogens is 485 g/mol. The Morgan fingerprint density at radius 3 is 2.27 bits per heavy atom. The van der Waals surface area contributed by atoms with E-state index >= 15 is 0 Å². The first-order valence-corrected chi connectivity index (χ1v) is 11.1. The number of nitrogens with two attached hydrogens (primary N) is 1. The van der Waals surface area contributed by atoms with Gasteiger partial charge in [0.1, 0.15) is 6.04 Å². The standard InChI is InChI=1S/C24H18Cl3N3O3/c25-16-6-7-17-20(11-16)29-23(32)21(10-14-3-8-18(26)19(27)9-14)30(24(17)33)12-13-1-4-15(5-2-13)22(28)31/h1-9,11,21H,10,12H2,(H2,28,31)(H,29,32). The van der Waals surface area contributed by atoms with Gasteiger partial charge in [0.25, 0.3) is 5.91 Å². The normalized spacial score (nSPS) is 15.6. The Bertz CT molecular complexity index is 1260. The highest BCUT2D eigenvalue weighted by molar-refractivity contribution is 6.42. The van der Waals surface area contributed by atoms with Crippen LogP contribution < -0.4 is 11.1 Å². The minimum absolute atomic E-state index is 0.138. The lowest BCUT2D eigenvalue weighted by molar-refractivity contribution is -0.120. The molecular formula is C24H18Cl3N3O3. The van der Waals surface area contributed by atoms with E-state index in [0.29, 0.717) is 31.9 Å². The van der Waals surface area contributed by atoms with Gasteiger partial charge in [-0.1, -0.05) is 53.0 Å². The Balaban J connectivity index is 1.73. The molecule has 1 aliphatic heterocycles. The molecule has 0 saturated heterocycles. The minimum atomic E-state index is -0.836. The Kier molecular flexibility index (Phi) is 6.61. The summed E-state index contributed by atoms with van der Waals surface area (Å²) in [6.45, 7) is 0.138. The predicted octanol–water partition coefficient (Wildman–Crippen LogP) is 4.95. The zero-order valence-corrected chi connectivity index (χ0v) is 19.4. The van der Waals surface area contributed by atoms with E-state index in [1.54, 1.807) is 60.7 Å². The molecule has 3 amide bonds. The molecule has 33 heavy (non-hydrogen) atoms. The molecule has 168 valence electrons. The molecule has 9 heteroatoms. The van der Waals surface area contributed by atoms with Gasteiger partial charge >= 0.3 is 0 Å². The van der Waals surface area contributed by atoms with E-state index in [4.69, 9.17) is 40.5 Å². The second-order valence-electron chi connectivity index (χ2n) is 7.64. The van der Waals surface area contributed by atoms with E-state index in [1.807, 2.05) is 0 Å². The fraction of sp³-hybridized carbons (Fsp3) is 0.125. The highest BCUT2D eigenvalue weighted by Crippen LogP contribution is 2.30. The Hall–Kier alpha value is -3.06. The van der Waals surface area contributed by atoms with Gasteiger partial charge in [-0.05, 0) is 53.6 Å². The summed E-state index contributed by atoms with van der Waals surface area (Å²) in [5.41, 5.74) is 7.83. The predicted molar refractivity (Wildman–Crippen MR) is 129 cm³/mol. The number of fused-ring (bicyclic) bond motifs is 1. The van der Waals surface area contributed by atoms with Crippen molar-refractivity contribution in [2.45, 2.75) is 19.0 Å². The van der Waals surface area contributed by atoms with Crippen LogP contribution in [0.1, 0.15) is 31.8 Å². The third-order valence-electron chi connectivity index (χ3n) is 5.41. The lowest BCUT2D eigenvalue weighted by Crippen LogP contribution is -2.46. The molecule has 3 aromatic carbocycles. The number of nitrogens with one attached hydrogen (secondary N) is 1. The van der Waals surface area contributed by atoms with Crippen molar-refractivity contribution >= 4 is 58.2 Å². The van der Waals surface area contributed by atoms with Gasteiger partial charge in [-0.3, -0.25) is 14.4 Å².